The van der Waals surface area contributed by atoms with Crippen LogP contribution in [0.25, 0.3) is 11.0 Å². The Hall–Kier alpha value is -2.61. The standard InChI is InChI=1S/C15H18N4O4/c1-23-12-3-2-10-13(18-12)14(21)11(8-16-10)17-15(22)19-6-4-9(20)5-7-19/h2-3,8-9,20H,4-7H2,1H3,(H,16,21)(H,17,22). The van der Waals surface area contributed by atoms with Crippen LogP contribution in [0.1, 0.15) is 12.8 Å². The summed E-state index contributed by atoms with van der Waals surface area (Å²) in [7, 11) is 1.47. The molecule has 0 bridgehead atoms. The van der Waals surface area contributed by atoms with Gasteiger partial charge in [-0.05, 0) is 18.9 Å². The molecule has 1 fully saturated rings. The lowest BCUT2D eigenvalue weighted by molar-refractivity contribution is 0.0972. The third-order valence-electron chi connectivity index (χ3n) is 3.90. The molecule has 0 spiro atoms. The molecular formula is C15H18N4O4. The second-order valence-electron chi connectivity index (χ2n) is 5.43. The normalized spacial score (nSPS) is 15.7. The van der Waals surface area contributed by atoms with Gasteiger partial charge in [0.1, 0.15) is 11.2 Å². The van der Waals surface area contributed by atoms with Crippen LogP contribution in [0.15, 0.2) is 23.1 Å². The van der Waals surface area contributed by atoms with E-state index in [1.165, 1.54) is 13.3 Å². The smallest absolute Gasteiger partial charge is 0.321 e. The predicted octanol–water partition coefficient (Wildman–Crippen LogP) is 0.920. The number of H-pyrrole nitrogens is 1. The summed E-state index contributed by atoms with van der Waals surface area (Å²) in [5.74, 6) is 0.330. The predicted molar refractivity (Wildman–Crippen MR) is 84.7 cm³/mol. The van der Waals surface area contributed by atoms with E-state index in [1.807, 2.05) is 0 Å². The molecule has 23 heavy (non-hydrogen) atoms. The number of pyridine rings is 2. The number of rotatable bonds is 2. The minimum absolute atomic E-state index is 0.134. The van der Waals surface area contributed by atoms with Crippen LogP contribution in [0.4, 0.5) is 10.5 Å². The van der Waals surface area contributed by atoms with Gasteiger partial charge in [-0.2, -0.15) is 0 Å². The summed E-state index contributed by atoms with van der Waals surface area (Å²) in [5, 5.41) is 12.1. The van der Waals surface area contributed by atoms with Crippen molar-refractivity contribution < 1.29 is 14.6 Å². The zero-order chi connectivity index (χ0) is 16.4. The SMILES string of the molecule is COc1ccc2[nH]cc(NC(=O)N3CCC(O)CC3)c(=O)c2n1. The summed E-state index contributed by atoms with van der Waals surface area (Å²) < 4.78 is 5.02. The van der Waals surface area contributed by atoms with Gasteiger partial charge in [-0.1, -0.05) is 0 Å². The molecule has 8 nitrogen and oxygen atoms in total. The quantitative estimate of drug-likeness (QED) is 0.763. The number of methoxy groups -OCH3 is 1. The number of amides is 2. The van der Waals surface area contributed by atoms with E-state index in [2.05, 4.69) is 15.3 Å². The first-order valence-electron chi connectivity index (χ1n) is 7.39. The highest BCUT2D eigenvalue weighted by Gasteiger charge is 2.22. The summed E-state index contributed by atoms with van der Waals surface area (Å²) >= 11 is 0. The number of aliphatic hydroxyl groups is 1. The first kappa shape index (κ1) is 15.3. The van der Waals surface area contributed by atoms with Crippen molar-refractivity contribution in [3.05, 3.63) is 28.6 Å². The molecule has 3 rings (SSSR count). The molecule has 0 atom stereocenters. The van der Waals surface area contributed by atoms with Gasteiger partial charge in [0, 0.05) is 25.4 Å². The van der Waals surface area contributed by atoms with E-state index in [1.54, 1.807) is 17.0 Å². The van der Waals surface area contributed by atoms with E-state index >= 15 is 0 Å². The van der Waals surface area contributed by atoms with E-state index in [0.29, 0.717) is 37.3 Å². The van der Waals surface area contributed by atoms with Crippen molar-refractivity contribution in [1.82, 2.24) is 14.9 Å². The number of nitrogens with one attached hydrogen (secondary N) is 2. The Labute approximate surface area is 132 Å². The maximum atomic E-state index is 12.5. The Morgan fingerprint density at radius 2 is 2.17 bits per heavy atom. The second-order valence-corrected chi connectivity index (χ2v) is 5.43. The second kappa shape index (κ2) is 6.25. The van der Waals surface area contributed by atoms with Gasteiger partial charge in [0.05, 0.1) is 18.7 Å². The number of carbonyl (C=O) groups is 1. The van der Waals surface area contributed by atoms with E-state index < -0.39 is 0 Å². The average molecular weight is 318 g/mol. The summed E-state index contributed by atoms with van der Waals surface area (Å²) in [5.41, 5.74) is 0.531. The van der Waals surface area contributed by atoms with Crippen LogP contribution in [0.5, 0.6) is 5.88 Å². The molecular weight excluding hydrogens is 300 g/mol. The van der Waals surface area contributed by atoms with Crippen molar-refractivity contribution in [3.8, 4) is 5.88 Å². The lowest BCUT2D eigenvalue weighted by Crippen LogP contribution is -2.43. The lowest BCUT2D eigenvalue weighted by atomic mass is 10.1. The average Bonchev–Trinajstić information content (AvgIpc) is 2.57. The van der Waals surface area contributed by atoms with Crippen molar-refractivity contribution >= 4 is 22.8 Å². The number of aromatic nitrogens is 2. The number of carbonyl (C=O) groups excluding carboxylic acids is 1. The Bertz CT molecular complexity index is 781. The molecule has 0 aliphatic carbocycles. The number of piperidine rings is 1. The first-order valence-corrected chi connectivity index (χ1v) is 7.39. The van der Waals surface area contributed by atoms with Crippen molar-refractivity contribution in [2.75, 3.05) is 25.5 Å². The van der Waals surface area contributed by atoms with Gasteiger partial charge in [-0.25, -0.2) is 9.78 Å². The highest BCUT2D eigenvalue weighted by molar-refractivity contribution is 5.91. The maximum absolute atomic E-state index is 12.5. The number of hydrogen-bond acceptors (Lipinski definition) is 5. The fraction of sp³-hybridized carbons (Fsp3) is 0.400. The Balaban J connectivity index is 1.84. The third-order valence-corrected chi connectivity index (χ3v) is 3.90. The fourth-order valence-electron chi connectivity index (χ4n) is 2.54. The van der Waals surface area contributed by atoms with Gasteiger partial charge in [-0.15, -0.1) is 0 Å². The van der Waals surface area contributed by atoms with Crippen molar-refractivity contribution in [1.29, 1.82) is 0 Å². The Kier molecular flexibility index (Phi) is 4.16. The molecule has 1 aliphatic rings. The van der Waals surface area contributed by atoms with E-state index in [0.717, 1.165) is 0 Å². The zero-order valence-corrected chi connectivity index (χ0v) is 12.7. The highest BCUT2D eigenvalue weighted by atomic mass is 16.5. The summed E-state index contributed by atoms with van der Waals surface area (Å²) in [6.45, 7) is 0.926. The molecule has 2 amide bonds. The number of likely N-dealkylation sites (tertiary alicyclic amines) is 1. The molecule has 1 aliphatic heterocycles. The number of nitrogens with zero attached hydrogens (tertiary/aromatic N) is 2. The van der Waals surface area contributed by atoms with Gasteiger partial charge in [0.2, 0.25) is 11.3 Å². The van der Waals surface area contributed by atoms with Crippen LogP contribution in [0.3, 0.4) is 0 Å². The van der Waals surface area contributed by atoms with Gasteiger partial charge in [-0.3, -0.25) is 4.79 Å². The maximum Gasteiger partial charge on any atom is 0.321 e. The van der Waals surface area contributed by atoms with E-state index in [4.69, 9.17) is 4.74 Å². The van der Waals surface area contributed by atoms with Crippen LogP contribution in [0, 0.1) is 0 Å². The van der Waals surface area contributed by atoms with Gasteiger partial charge < -0.3 is 25.0 Å². The molecule has 3 N–H and O–H groups in total. The fourth-order valence-corrected chi connectivity index (χ4v) is 2.54. The number of anilines is 1. The Morgan fingerprint density at radius 3 is 2.87 bits per heavy atom. The summed E-state index contributed by atoms with van der Waals surface area (Å²) in [6.07, 6.45) is 2.18. The Morgan fingerprint density at radius 1 is 1.43 bits per heavy atom. The van der Waals surface area contributed by atoms with Crippen LogP contribution < -0.4 is 15.5 Å². The molecule has 2 aromatic heterocycles. The molecule has 8 heteroatoms. The number of hydrogen-bond donors (Lipinski definition) is 3. The summed E-state index contributed by atoms with van der Waals surface area (Å²) in [6, 6.07) is 2.99. The van der Waals surface area contributed by atoms with E-state index in [9.17, 15) is 14.7 Å². The molecule has 0 unspecified atom stereocenters. The molecule has 2 aromatic rings. The number of aromatic amines is 1. The van der Waals surface area contributed by atoms with Crippen LogP contribution in [0.2, 0.25) is 0 Å². The largest absolute Gasteiger partial charge is 0.481 e. The minimum Gasteiger partial charge on any atom is -0.481 e. The van der Waals surface area contributed by atoms with Crippen molar-refractivity contribution in [2.24, 2.45) is 0 Å². The molecule has 3 heterocycles. The number of aliphatic hydroxyl groups excluding tert-OH is 1. The van der Waals surface area contributed by atoms with Crippen LogP contribution >= 0.6 is 0 Å². The molecule has 1 saturated heterocycles. The lowest BCUT2D eigenvalue weighted by Gasteiger charge is -2.29. The third kappa shape index (κ3) is 3.11. The number of ether oxygens (including phenoxy) is 1. The number of urea groups is 1. The molecule has 0 aromatic carbocycles. The van der Waals surface area contributed by atoms with Crippen molar-refractivity contribution in [2.45, 2.75) is 18.9 Å². The van der Waals surface area contributed by atoms with Gasteiger partial charge in [0.15, 0.2) is 0 Å². The van der Waals surface area contributed by atoms with Gasteiger partial charge in [0.25, 0.3) is 0 Å². The first-order chi connectivity index (χ1) is 11.1. The van der Waals surface area contributed by atoms with Crippen molar-refractivity contribution in [3.63, 3.8) is 0 Å². The monoisotopic (exact) mass is 318 g/mol. The van der Waals surface area contributed by atoms with Crippen LogP contribution in [-0.4, -0.2) is 52.3 Å². The van der Waals surface area contributed by atoms with E-state index in [-0.39, 0.29) is 28.8 Å². The highest BCUT2D eigenvalue weighted by Crippen LogP contribution is 2.15. The van der Waals surface area contributed by atoms with Crippen LogP contribution in [-0.2, 0) is 0 Å². The molecule has 0 radical (unpaired) electrons. The molecule has 122 valence electrons. The number of fused-ring (bicyclic) bond motifs is 1. The molecule has 0 saturated carbocycles. The topological polar surface area (TPSA) is 108 Å². The van der Waals surface area contributed by atoms with Gasteiger partial charge >= 0.3 is 6.03 Å². The minimum atomic E-state index is -0.372. The zero-order valence-electron chi connectivity index (χ0n) is 12.7. The summed E-state index contributed by atoms with van der Waals surface area (Å²) in [4.78, 5) is 33.3.